The lowest BCUT2D eigenvalue weighted by atomic mass is 10.1. The molecule has 0 aromatic heterocycles. The van der Waals surface area contributed by atoms with Gasteiger partial charge in [0.05, 0.1) is 0 Å². The highest BCUT2D eigenvalue weighted by molar-refractivity contribution is 7.33. The zero-order valence-electron chi connectivity index (χ0n) is 8.61. The summed E-state index contributed by atoms with van der Waals surface area (Å²) < 4.78 is 8.81. The number of hydrogen-bond acceptors (Lipinski definition) is 2. The molecule has 0 aliphatic heterocycles. The molecule has 3 nitrogen and oxygen atoms in total. The quantitative estimate of drug-likeness (QED) is 0.768. The molecule has 16 heavy (non-hydrogen) atoms. The summed E-state index contributed by atoms with van der Waals surface area (Å²) in [5, 5.41) is 0. The predicted octanol–water partition coefficient (Wildman–Crippen LogP) is 2.32. The Morgan fingerprint density at radius 1 is 0.812 bits per heavy atom. The third kappa shape index (κ3) is 4.80. The molecule has 0 fully saturated rings. The lowest BCUT2D eigenvalue weighted by Gasteiger charge is -1.98. The maximum Gasteiger partial charge on any atom is 0.405 e. The summed E-state index contributed by atoms with van der Waals surface area (Å²) in [6.07, 6.45) is 0. The fraction of sp³-hybridized carbons (Fsp3) is 0. The van der Waals surface area contributed by atoms with Gasteiger partial charge in [-0.3, -0.25) is 0 Å². The van der Waals surface area contributed by atoms with Gasteiger partial charge in [-0.2, -0.15) is 0 Å². The van der Waals surface area contributed by atoms with E-state index in [1.807, 2.05) is 12.1 Å². The molecule has 0 aliphatic rings. The van der Waals surface area contributed by atoms with Crippen LogP contribution in [0.2, 0.25) is 0 Å². The van der Waals surface area contributed by atoms with Crippen LogP contribution < -0.4 is 10.4 Å². The van der Waals surface area contributed by atoms with Crippen LogP contribution in [-0.2, 0) is 4.57 Å². The molecule has 82 valence electrons. The van der Waals surface area contributed by atoms with Gasteiger partial charge in [-0.05, 0) is 11.1 Å². The van der Waals surface area contributed by atoms with Crippen LogP contribution in [0, 0.1) is 0 Å². The van der Waals surface area contributed by atoms with Crippen molar-refractivity contribution < 1.29 is 9.46 Å². The van der Waals surface area contributed by atoms with Crippen LogP contribution in [0.1, 0.15) is 0 Å². The van der Waals surface area contributed by atoms with E-state index in [-0.39, 0.29) is 0 Å². The summed E-state index contributed by atoms with van der Waals surface area (Å²) in [5.74, 6) is 0. The maximum atomic E-state index is 8.81. The summed E-state index contributed by atoms with van der Waals surface area (Å²) in [4.78, 5) is 8.81. The Hall–Kier alpha value is -1.54. The smallest absolute Gasteiger partial charge is 0.405 e. The zero-order valence-corrected chi connectivity index (χ0v) is 9.51. The minimum atomic E-state index is -2.62. The molecule has 0 spiro atoms. The average molecular weight is 233 g/mol. The van der Waals surface area contributed by atoms with Gasteiger partial charge in [0.25, 0.3) is 0 Å². The van der Waals surface area contributed by atoms with E-state index in [2.05, 4.69) is 54.0 Å². The summed E-state index contributed by atoms with van der Waals surface area (Å²) in [6.45, 7) is 0. The van der Waals surface area contributed by atoms with Crippen molar-refractivity contribution in [3.63, 3.8) is 0 Å². The summed E-state index contributed by atoms with van der Waals surface area (Å²) >= 11 is 0. The molecular weight excluding hydrogens is 221 g/mol. The second-order valence-corrected chi connectivity index (χ2v) is 3.59. The largest absolute Gasteiger partial charge is 0.578 e. The van der Waals surface area contributed by atoms with Crippen molar-refractivity contribution in [3.8, 4) is 11.1 Å². The predicted molar refractivity (Wildman–Crippen MR) is 63.7 cm³/mol. The molecule has 1 unspecified atom stereocenters. The maximum absolute atomic E-state index is 8.81. The van der Waals surface area contributed by atoms with E-state index in [0.29, 0.717) is 0 Å². The topological polar surface area (TPSA) is 66.2 Å². The standard InChI is InChI=1S/C12H10.H2NO2P/c1-3-7-11(8-4-1)12-9-5-2-6-10-12;1-4(2)3/h1-10H;(H2,1,2,3). The second-order valence-electron chi connectivity index (χ2n) is 3.02. The van der Waals surface area contributed by atoms with Crippen molar-refractivity contribution in [3.05, 3.63) is 60.7 Å². The van der Waals surface area contributed by atoms with E-state index >= 15 is 0 Å². The first-order chi connectivity index (χ1) is 7.70. The van der Waals surface area contributed by atoms with Crippen molar-refractivity contribution in [1.29, 1.82) is 0 Å². The monoisotopic (exact) mass is 233 g/mol. The Bertz CT molecular complexity index is 390. The highest BCUT2D eigenvalue weighted by Gasteiger charge is 1.91. The number of rotatable bonds is 1. The molecule has 2 aromatic carbocycles. The van der Waals surface area contributed by atoms with Gasteiger partial charge < -0.3 is 4.89 Å². The van der Waals surface area contributed by atoms with Gasteiger partial charge in [-0.15, -0.1) is 5.50 Å². The first-order valence-electron chi connectivity index (χ1n) is 4.69. The molecule has 0 saturated heterocycles. The number of hydrogen-bond donors (Lipinski definition) is 1. The molecule has 4 heteroatoms. The number of benzene rings is 2. The van der Waals surface area contributed by atoms with Gasteiger partial charge >= 0.3 is 8.18 Å². The van der Waals surface area contributed by atoms with Crippen molar-refractivity contribution in [2.75, 3.05) is 0 Å². The van der Waals surface area contributed by atoms with Gasteiger partial charge in [0.15, 0.2) is 0 Å². The summed E-state index contributed by atoms with van der Waals surface area (Å²) in [7, 11) is -2.62. The second kappa shape index (κ2) is 6.85. The Morgan fingerprint density at radius 3 is 1.31 bits per heavy atom. The van der Waals surface area contributed by atoms with Crippen LogP contribution in [-0.4, -0.2) is 0 Å². The van der Waals surface area contributed by atoms with Crippen molar-refractivity contribution in [2.45, 2.75) is 0 Å². The average Bonchev–Trinajstić information content (AvgIpc) is 2.31. The van der Waals surface area contributed by atoms with Crippen LogP contribution in [0.4, 0.5) is 0 Å². The molecule has 2 aromatic rings. The van der Waals surface area contributed by atoms with Gasteiger partial charge in [0.1, 0.15) is 0 Å². The summed E-state index contributed by atoms with van der Waals surface area (Å²) in [6, 6.07) is 20.8. The van der Waals surface area contributed by atoms with Crippen LogP contribution in [0.3, 0.4) is 0 Å². The third-order valence-electron chi connectivity index (χ3n) is 1.88. The van der Waals surface area contributed by atoms with Crippen LogP contribution >= 0.6 is 8.18 Å². The molecule has 0 heterocycles. The van der Waals surface area contributed by atoms with Crippen LogP contribution in [0.15, 0.2) is 60.7 Å². The highest BCUT2D eigenvalue weighted by atomic mass is 31.1. The van der Waals surface area contributed by atoms with E-state index in [1.54, 1.807) is 0 Å². The fourth-order valence-corrected chi connectivity index (χ4v) is 1.26. The molecule has 2 N–H and O–H groups in total. The molecule has 0 aliphatic carbocycles. The van der Waals surface area contributed by atoms with E-state index in [4.69, 9.17) is 9.46 Å². The molecular formula is C12H12NO2P. The highest BCUT2D eigenvalue weighted by Crippen LogP contribution is 2.17. The lowest BCUT2D eigenvalue weighted by molar-refractivity contribution is -0.164. The number of nitrogens with two attached hydrogens (primary N) is 1. The van der Waals surface area contributed by atoms with Crippen LogP contribution in [0.5, 0.6) is 0 Å². The first-order valence-corrected chi connectivity index (χ1v) is 5.94. The van der Waals surface area contributed by atoms with E-state index < -0.39 is 8.18 Å². The minimum absolute atomic E-state index is 1.28. The molecule has 0 radical (unpaired) electrons. The van der Waals surface area contributed by atoms with Gasteiger partial charge in [0.2, 0.25) is 0 Å². The van der Waals surface area contributed by atoms with E-state index in [0.717, 1.165) is 0 Å². The van der Waals surface area contributed by atoms with E-state index in [9.17, 15) is 0 Å². The Balaban J connectivity index is 0.000000280. The first kappa shape index (κ1) is 12.5. The molecule has 0 saturated carbocycles. The van der Waals surface area contributed by atoms with Crippen molar-refractivity contribution >= 4 is 8.18 Å². The fourth-order valence-electron chi connectivity index (χ4n) is 1.26. The van der Waals surface area contributed by atoms with Gasteiger partial charge in [-0.1, -0.05) is 65.2 Å². The lowest BCUT2D eigenvalue weighted by Crippen LogP contribution is -1.91. The Kier molecular flexibility index (Phi) is 5.37. The van der Waals surface area contributed by atoms with Gasteiger partial charge in [0, 0.05) is 0 Å². The van der Waals surface area contributed by atoms with Crippen LogP contribution in [0.25, 0.3) is 11.1 Å². The zero-order chi connectivity index (χ0) is 11.8. The molecule has 2 rings (SSSR count). The molecule has 0 amide bonds. The normalized spacial score (nSPS) is 10.0. The molecule has 0 bridgehead atoms. The third-order valence-corrected chi connectivity index (χ3v) is 1.88. The molecule has 1 atom stereocenters. The van der Waals surface area contributed by atoms with E-state index in [1.165, 1.54) is 11.1 Å². The van der Waals surface area contributed by atoms with Gasteiger partial charge in [-0.25, -0.2) is 0 Å². The SMILES string of the molecule is N[P+](=O)[O-].c1ccc(-c2ccccc2)cc1. The Morgan fingerprint density at radius 2 is 1.06 bits per heavy atom. The van der Waals surface area contributed by atoms with Crippen molar-refractivity contribution in [1.82, 2.24) is 0 Å². The Labute approximate surface area is 95.5 Å². The summed E-state index contributed by atoms with van der Waals surface area (Å²) in [5.41, 5.74) is 6.62. The van der Waals surface area contributed by atoms with Crippen molar-refractivity contribution in [2.24, 2.45) is 5.50 Å². The minimum Gasteiger partial charge on any atom is -0.578 e.